The molecule has 3 aromatic rings. The van der Waals surface area contributed by atoms with E-state index < -0.39 is 10.8 Å². The quantitative estimate of drug-likeness (QED) is 0.475. The van der Waals surface area contributed by atoms with Crippen LogP contribution in [0.4, 0.5) is 5.69 Å². The molecule has 2 aromatic carbocycles. The summed E-state index contributed by atoms with van der Waals surface area (Å²) in [5, 5.41) is 15.1. The number of carbonyl (C=O) groups excluding carboxylic acids is 1. The van der Waals surface area contributed by atoms with Gasteiger partial charge in [0.05, 0.1) is 18.6 Å². The molecule has 0 atom stereocenters. The van der Waals surface area contributed by atoms with Crippen molar-refractivity contribution in [2.75, 3.05) is 14.2 Å². The van der Waals surface area contributed by atoms with E-state index in [2.05, 4.69) is 10.1 Å². The zero-order valence-electron chi connectivity index (χ0n) is 15.6. The monoisotopic (exact) mass is 382 g/mol. The third-order valence-corrected chi connectivity index (χ3v) is 4.09. The number of nitro benzene ring substituents is 1. The molecule has 28 heavy (non-hydrogen) atoms. The lowest BCUT2D eigenvalue weighted by atomic mass is 10.1. The van der Waals surface area contributed by atoms with Crippen LogP contribution in [0.5, 0.6) is 5.75 Å². The van der Waals surface area contributed by atoms with Crippen molar-refractivity contribution in [3.8, 4) is 17.1 Å². The van der Waals surface area contributed by atoms with Gasteiger partial charge in [-0.05, 0) is 25.1 Å². The number of rotatable bonds is 6. The molecule has 0 aliphatic rings. The third kappa shape index (κ3) is 3.98. The number of aromatic nitrogens is 2. The number of methoxy groups -OCH3 is 1. The van der Waals surface area contributed by atoms with Crippen molar-refractivity contribution in [2.45, 2.75) is 13.5 Å². The number of ether oxygens (including phenoxy) is 1. The number of benzene rings is 2. The Balaban J connectivity index is 1.76. The standard InChI is InChI=1S/C19H18N4O5/c1-12-5-4-6-13(9-12)18-20-17(28-21-18)11-22(2)19(24)14-7-8-16(27-3)15(10-14)23(25)26/h4-10H,11H2,1-3H3. The minimum absolute atomic E-state index is 0.0669. The zero-order chi connectivity index (χ0) is 20.3. The van der Waals surface area contributed by atoms with E-state index in [4.69, 9.17) is 9.26 Å². The molecule has 0 spiro atoms. The van der Waals surface area contributed by atoms with E-state index >= 15 is 0 Å². The lowest BCUT2D eigenvalue weighted by Crippen LogP contribution is -2.26. The fourth-order valence-electron chi connectivity index (χ4n) is 2.68. The van der Waals surface area contributed by atoms with E-state index in [9.17, 15) is 14.9 Å². The predicted molar refractivity (Wildman–Crippen MR) is 99.9 cm³/mol. The molecule has 0 radical (unpaired) electrons. The van der Waals surface area contributed by atoms with Gasteiger partial charge in [-0.3, -0.25) is 14.9 Å². The fraction of sp³-hybridized carbons (Fsp3) is 0.211. The minimum atomic E-state index is -0.595. The fourth-order valence-corrected chi connectivity index (χ4v) is 2.68. The van der Waals surface area contributed by atoms with Gasteiger partial charge in [0.2, 0.25) is 11.7 Å². The van der Waals surface area contributed by atoms with Crippen LogP contribution in [0.1, 0.15) is 21.8 Å². The molecule has 0 fully saturated rings. The Morgan fingerprint density at radius 2 is 2.07 bits per heavy atom. The van der Waals surface area contributed by atoms with Crippen molar-refractivity contribution in [3.05, 3.63) is 69.6 Å². The maximum absolute atomic E-state index is 12.6. The van der Waals surface area contributed by atoms with Crippen molar-refractivity contribution < 1.29 is 19.0 Å². The van der Waals surface area contributed by atoms with Crippen LogP contribution < -0.4 is 4.74 Å². The van der Waals surface area contributed by atoms with Crippen LogP contribution in [0.2, 0.25) is 0 Å². The van der Waals surface area contributed by atoms with Gasteiger partial charge >= 0.3 is 5.69 Å². The first-order valence-electron chi connectivity index (χ1n) is 8.36. The molecule has 0 unspecified atom stereocenters. The van der Waals surface area contributed by atoms with E-state index in [1.165, 1.54) is 30.2 Å². The molecule has 0 saturated carbocycles. The topological polar surface area (TPSA) is 112 Å². The average molecular weight is 382 g/mol. The molecule has 0 aliphatic carbocycles. The zero-order valence-corrected chi connectivity index (χ0v) is 15.6. The molecule has 144 valence electrons. The molecule has 0 bridgehead atoms. The molecule has 9 heteroatoms. The van der Waals surface area contributed by atoms with Gasteiger partial charge in [0, 0.05) is 24.2 Å². The second-order valence-electron chi connectivity index (χ2n) is 6.19. The van der Waals surface area contributed by atoms with Crippen LogP contribution in [0.25, 0.3) is 11.4 Å². The second kappa shape index (κ2) is 7.87. The average Bonchev–Trinajstić information content (AvgIpc) is 3.15. The SMILES string of the molecule is COc1ccc(C(=O)N(C)Cc2nc(-c3cccc(C)c3)no2)cc1[N+](=O)[O-]. The summed E-state index contributed by atoms with van der Waals surface area (Å²) < 4.78 is 10.2. The molecule has 0 N–H and O–H groups in total. The largest absolute Gasteiger partial charge is 0.490 e. The van der Waals surface area contributed by atoms with Gasteiger partial charge in [0.15, 0.2) is 5.75 Å². The summed E-state index contributed by atoms with van der Waals surface area (Å²) in [5.41, 5.74) is 1.77. The lowest BCUT2D eigenvalue weighted by Gasteiger charge is -2.15. The highest BCUT2D eigenvalue weighted by atomic mass is 16.6. The van der Waals surface area contributed by atoms with Gasteiger partial charge in [-0.1, -0.05) is 28.9 Å². The minimum Gasteiger partial charge on any atom is -0.490 e. The smallest absolute Gasteiger partial charge is 0.311 e. The van der Waals surface area contributed by atoms with Crippen LogP contribution in [0.15, 0.2) is 47.0 Å². The van der Waals surface area contributed by atoms with Gasteiger partial charge in [-0.15, -0.1) is 0 Å². The first-order valence-corrected chi connectivity index (χ1v) is 8.36. The molecular formula is C19H18N4O5. The molecule has 3 rings (SSSR count). The maximum Gasteiger partial charge on any atom is 0.311 e. The summed E-state index contributed by atoms with van der Waals surface area (Å²) in [7, 11) is 2.88. The highest BCUT2D eigenvalue weighted by Crippen LogP contribution is 2.28. The third-order valence-electron chi connectivity index (χ3n) is 4.09. The number of carbonyl (C=O) groups is 1. The summed E-state index contributed by atoms with van der Waals surface area (Å²) in [4.78, 5) is 28.8. The normalized spacial score (nSPS) is 10.5. The molecule has 1 heterocycles. The Morgan fingerprint density at radius 1 is 1.29 bits per heavy atom. The van der Waals surface area contributed by atoms with Gasteiger partial charge in [0.1, 0.15) is 0 Å². The van der Waals surface area contributed by atoms with Crippen molar-refractivity contribution in [1.82, 2.24) is 15.0 Å². The molecule has 0 aliphatic heterocycles. The molecule has 1 aromatic heterocycles. The van der Waals surface area contributed by atoms with Crippen molar-refractivity contribution in [1.29, 1.82) is 0 Å². The Morgan fingerprint density at radius 3 is 2.75 bits per heavy atom. The Hall–Kier alpha value is -3.75. The van der Waals surface area contributed by atoms with E-state index in [1.54, 1.807) is 7.05 Å². The van der Waals surface area contributed by atoms with Crippen LogP contribution in [0, 0.1) is 17.0 Å². The first kappa shape index (κ1) is 19.0. The molecule has 0 saturated heterocycles. The number of hydrogen-bond acceptors (Lipinski definition) is 7. The van der Waals surface area contributed by atoms with Crippen LogP contribution in [0.3, 0.4) is 0 Å². The van der Waals surface area contributed by atoms with E-state index in [1.807, 2.05) is 31.2 Å². The van der Waals surface area contributed by atoms with Crippen LogP contribution >= 0.6 is 0 Å². The summed E-state index contributed by atoms with van der Waals surface area (Å²) in [5.74, 6) is 0.361. The Labute approximate surface area is 160 Å². The maximum atomic E-state index is 12.6. The lowest BCUT2D eigenvalue weighted by molar-refractivity contribution is -0.385. The van der Waals surface area contributed by atoms with E-state index in [-0.39, 0.29) is 29.4 Å². The van der Waals surface area contributed by atoms with Crippen molar-refractivity contribution >= 4 is 11.6 Å². The number of hydrogen-bond donors (Lipinski definition) is 0. The Bertz CT molecular complexity index is 1030. The summed E-state index contributed by atoms with van der Waals surface area (Å²) in [6.45, 7) is 2.03. The number of nitro groups is 1. The highest BCUT2D eigenvalue weighted by molar-refractivity contribution is 5.95. The van der Waals surface area contributed by atoms with Gasteiger partial charge in [-0.25, -0.2) is 0 Å². The van der Waals surface area contributed by atoms with Gasteiger partial charge < -0.3 is 14.2 Å². The van der Waals surface area contributed by atoms with Crippen molar-refractivity contribution in [3.63, 3.8) is 0 Å². The predicted octanol–water partition coefficient (Wildman–Crippen LogP) is 3.23. The molecular weight excluding hydrogens is 364 g/mol. The summed E-state index contributed by atoms with van der Waals surface area (Å²) >= 11 is 0. The molecule has 1 amide bonds. The van der Waals surface area contributed by atoms with Crippen LogP contribution in [-0.2, 0) is 6.54 Å². The summed E-state index contributed by atoms with van der Waals surface area (Å²) in [6, 6.07) is 11.7. The number of aryl methyl sites for hydroxylation is 1. The van der Waals surface area contributed by atoms with Crippen molar-refractivity contribution in [2.24, 2.45) is 0 Å². The van der Waals surface area contributed by atoms with Gasteiger partial charge in [0.25, 0.3) is 5.91 Å². The summed E-state index contributed by atoms with van der Waals surface area (Å²) in [6.07, 6.45) is 0. The van der Waals surface area contributed by atoms with Crippen LogP contribution in [-0.4, -0.2) is 40.0 Å². The van der Waals surface area contributed by atoms with Gasteiger partial charge in [-0.2, -0.15) is 4.98 Å². The number of amides is 1. The highest BCUT2D eigenvalue weighted by Gasteiger charge is 2.21. The van der Waals surface area contributed by atoms with E-state index in [0.29, 0.717) is 5.82 Å². The second-order valence-corrected chi connectivity index (χ2v) is 6.19. The Kier molecular flexibility index (Phi) is 5.35. The van der Waals surface area contributed by atoms with E-state index in [0.717, 1.165) is 11.1 Å². The molecule has 9 nitrogen and oxygen atoms in total. The first-order chi connectivity index (χ1) is 13.4. The number of nitrogens with zero attached hydrogens (tertiary/aromatic N) is 4.